The standard InChI is InChI=1S/C14H23N3O/c1-10(2)17(5)13(14(18)16(3)4)11-6-8-12(15)9-7-11/h6-10,13H,15H2,1-5H3/t13-/m0/s1. The largest absolute Gasteiger partial charge is 0.399 e. The summed E-state index contributed by atoms with van der Waals surface area (Å²) in [7, 11) is 5.52. The number of carbonyl (C=O) groups excluding carboxylic acids is 1. The molecule has 0 unspecified atom stereocenters. The SMILES string of the molecule is CC(C)N(C)[C@H](C(=O)N(C)C)c1ccc(N)cc1. The van der Waals surface area contributed by atoms with E-state index in [0.717, 1.165) is 5.56 Å². The molecule has 0 spiro atoms. The first-order valence-electron chi connectivity index (χ1n) is 6.13. The highest BCUT2D eigenvalue weighted by Crippen LogP contribution is 2.24. The van der Waals surface area contributed by atoms with Gasteiger partial charge in [0, 0.05) is 25.8 Å². The number of anilines is 1. The number of hydrogen-bond acceptors (Lipinski definition) is 3. The van der Waals surface area contributed by atoms with Crippen LogP contribution in [0.15, 0.2) is 24.3 Å². The summed E-state index contributed by atoms with van der Waals surface area (Å²) in [6.07, 6.45) is 0. The topological polar surface area (TPSA) is 49.6 Å². The highest BCUT2D eigenvalue weighted by atomic mass is 16.2. The molecule has 18 heavy (non-hydrogen) atoms. The van der Waals surface area contributed by atoms with Crippen molar-refractivity contribution < 1.29 is 4.79 Å². The van der Waals surface area contributed by atoms with E-state index in [2.05, 4.69) is 18.7 Å². The number of hydrogen-bond donors (Lipinski definition) is 1. The summed E-state index contributed by atoms with van der Waals surface area (Å²) in [5, 5.41) is 0. The van der Waals surface area contributed by atoms with Gasteiger partial charge in [-0.3, -0.25) is 9.69 Å². The Morgan fingerprint density at radius 1 is 1.11 bits per heavy atom. The Morgan fingerprint density at radius 2 is 1.61 bits per heavy atom. The maximum atomic E-state index is 12.3. The van der Waals surface area contributed by atoms with Gasteiger partial charge in [0.1, 0.15) is 6.04 Å². The molecule has 0 aliphatic rings. The third kappa shape index (κ3) is 3.23. The molecule has 4 heteroatoms. The van der Waals surface area contributed by atoms with Gasteiger partial charge in [0.2, 0.25) is 5.91 Å². The molecule has 0 saturated heterocycles. The molecular formula is C14H23N3O. The van der Waals surface area contributed by atoms with Crippen molar-refractivity contribution in [2.75, 3.05) is 26.9 Å². The van der Waals surface area contributed by atoms with E-state index in [1.807, 2.05) is 31.3 Å². The van der Waals surface area contributed by atoms with E-state index in [9.17, 15) is 4.79 Å². The van der Waals surface area contributed by atoms with Crippen LogP contribution in [0.1, 0.15) is 25.5 Å². The van der Waals surface area contributed by atoms with Crippen molar-refractivity contribution in [1.29, 1.82) is 0 Å². The fourth-order valence-corrected chi connectivity index (χ4v) is 1.77. The normalized spacial score (nSPS) is 12.8. The van der Waals surface area contributed by atoms with E-state index in [4.69, 9.17) is 5.73 Å². The molecule has 0 aliphatic carbocycles. The van der Waals surface area contributed by atoms with Crippen LogP contribution in [-0.4, -0.2) is 42.9 Å². The van der Waals surface area contributed by atoms with Crippen molar-refractivity contribution in [1.82, 2.24) is 9.80 Å². The van der Waals surface area contributed by atoms with Gasteiger partial charge < -0.3 is 10.6 Å². The summed E-state index contributed by atoms with van der Waals surface area (Å²) in [6, 6.07) is 7.52. The molecule has 0 bridgehead atoms. The highest BCUT2D eigenvalue weighted by Gasteiger charge is 2.27. The van der Waals surface area contributed by atoms with Gasteiger partial charge in [-0.05, 0) is 38.6 Å². The second-order valence-electron chi connectivity index (χ2n) is 5.06. The zero-order valence-electron chi connectivity index (χ0n) is 11.8. The Kier molecular flexibility index (Phi) is 4.73. The van der Waals surface area contributed by atoms with Crippen molar-refractivity contribution in [3.63, 3.8) is 0 Å². The maximum absolute atomic E-state index is 12.3. The van der Waals surface area contributed by atoms with Gasteiger partial charge in [-0.1, -0.05) is 12.1 Å². The van der Waals surface area contributed by atoms with Crippen LogP contribution < -0.4 is 5.73 Å². The number of benzene rings is 1. The smallest absolute Gasteiger partial charge is 0.244 e. The minimum Gasteiger partial charge on any atom is -0.399 e. The lowest BCUT2D eigenvalue weighted by Crippen LogP contribution is -2.41. The van der Waals surface area contributed by atoms with Gasteiger partial charge in [0.25, 0.3) is 0 Å². The van der Waals surface area contributed by atoms with Gasteiger partial charge >= 0.3 is 0 Å². The van der Waals surface area contributed by atoms with Crippen molar-refractivity contribution in [3.05, 3.63) is 29.8 Å². The Morgan fingerprint density at radius 3 is 2.00 bits per heavy atom. The number of nitrogen functional groups attached to an aromatic ring is 1. The van der Waals surface area contributed by atoms with Gasteiger partial charge in [0.05, 0.1) is 0 Å². The molecule has 100 valence electrons. The van der Waals surface area contributed by atoms with Crippen molar-refractivity contribution in [2.45, 2.75) is 25.9 Å². The Labute approximate surface area is 109 Å². The molecule has 0 aliphatic heterocycles. The number of carbonyl (C=O) groups is 1. The second kappa shape index (κ2) is 5.87. The minimum atomic E-state index is -0.263. The summed E-state index contributed by atoms with van der Waals surface area (Å²) in [4.78, 5) is 16.0. The fraction of sp³-hybridized carbons (Fsp3) is 0.500. The lowest BCUT2D eigenvalue weighted by Gasteiger charge is -2.32. The number of likely N-dealkylation sites (N-methyl/N-ethyl adjacent to an activating group) is 2. The Hall–Kier alpha value is -1.55. The van der Waals surface area contributed by atoms with Crippen LogP contribution in [0.3, 0.4) is 0 Å². The first-order chi connectivity index (χ1) is 8.34. The molecule has 2 N–H and O–H groups in total. The third-order valence-corrected chi connectivity index (χ3v) is 3.15. The predicted octanol–water partition coefficient (Wildman–Crippen LogP) is 1.74. The average molecular weight is 249 g/mol. The summed E-state index contributed by atoms with van der Waals surface area (Å²) in [5.41, 5.74) is 7.37. The molecule has 1 amide bonds. The first-order valence-corrected chi connectivity index (χ1v) is 6.13. The van der Waals surface area contributed by atoms with Crippen LogP contribution in [0.5, 0.6) is 0 Å². The van der Waals surface area contributed by atoms with E-state index in [1.165, 1.54) is 0 Å². The van der Waals surface area contributed by atoms with Crippen molar-refractivity contribution in [2.24, 2.45) is 0 Å². The molecule has 0 aromatic heterocycles. The zero-order chi connectivity index (χ0) is 13.9. The van der Waals surface area contributed by atoms with Crippen LogP contribution in [0.4, 0.5) is 5.69 Å². The maximum Gasteiger partial charge on any atom is 0.244 e. The molecule has 0 saturated carbocycles. The van der Waals surface area contributed by atoms with Crippen LogP contribution >= 0.6 is 0 Å². The van der Waals surface area contributed by atoms with E-state index in [-0.39, 0.29) is 18.0 Å². The summed E-state index contributed by atoms with van der Waals surface area (Å²) in [6.45, 7) is 4.15. The lowest BCUT2D eigenvalue weighted by molar-refractivity contribution is -0.134. The quantitative estimate of drug-likeness (QED) is 0.827. The Balaban J connectivity index is 3.12. The van der Waals surface area contributed by atoms with E-state index < -0.39 is 0 Å². The zero-order valence-corrected chi connectivity index (χ0v) is 11.8. The molecule has 1 aromatic rings. The molecule has 1 atom stereocenters. The monoisotopic (exact) mass is 249 g/mol. The van der Waals surface area contributed by atoms with Gasteiger partial charge in [-0.25, -0.2) is 0 Å². The summed E-state index contributed by atoms with van der Waals surface area (Å²) >= 11 is 0. The third-order valence-electron chi connectivity index (χ3n) is 3.15. The minimum absolute atomic E-state index is 0.0796. The molecule has 1 rings (SSSR count). The number of rotatable bonds is 4. The highest BCUT2D eigenvalue weighted by molar-refractivity contribution is 5.83. The van der Waals surface area contributed by atoms with Crippen molar-refractivity contribution >= 4 is 11.6 Å². The van der Waals surface area contributed by atoms with Crippen LogP contribution in [-0.2, 0) is 4.79 Å². The summed E-state index contributed by atoms with van der Waals surface area (Å²) in [5.74, 6) is 0.0796. The Bertz CT molecular complexity index is 398. The van der Waals surface area contributed by atoms with Crippen LogP contribution in [0.2, 0.25) is 0 Å². The van der Waals surface area contributed by atoms with E-state index >= 15 is 0 Å². The fourth-order valence-electron chi connectivity index (χ4n) is 1.77. The number of amides is 1. The first kappa shape index (κ1) is 14.5. The molecule has 0 heterocycles. The molecule has 1 aromatic carbocycles. The van der Waals surface area contributed by atoms with E-state index in [1.54, 1.807) is 19.0 Å². The molecule has 0 fully saturated rings. The molecule has 4 nitrogen and oxygen atoms in total. The van der Waals surface area contributed by atoms with Gasteiger partial charge in [-0.2, -0.15) is 0 Å². The molecule has 0 radical (unpaired) electrons. The van der Waals surface area contributed by atoms with Gasteiger partial charge in [-0.15, -0.1) is 0 Å². The summed E-state index contributed by atoms with van der Waals surface area (Å²) < 4.78 is 0. The average Bonchev–Trinajstić information content (AvgIpc) is 2.31. The van der Waals surface area contributed by atoms with Crippen LogP contribution in [0, 0.1) is 0 Å². The molecular weight excluding hydrogens is 226 g/mol. The predicted molar refractivity (Wildman–Crippen MR) is 75.2 cm³/mol. The lowest BCUT2D eigenvalue weighted by atomic mass is 10.0. The van der Waals surface area contributed by atoms with E-state index in [0.29, 0.717) is 5.69 Å². The number of nitrogens with zero attached hydrogens (tertiary/aromatic N) is 2. The van der Waals surface area contributed by atoms with Crippen molar-refractivity contribution in [3.8, 4) is 0 Å². The van der Waals surface area contributed by atoms with Crippen LogP contribution in [0.25, 0.3) is 0 Å². The number of nitrogens with two attached hydrogens (primary N) is 1. The second-order valence-corrected chi connectivity index (χ2v) is 5.06. The van der Waals surface area contributed by atoms with Gasteiger partial charge in [0.15, 0.2) is 0 Å².